The lowest BCUT2D eigenvalue weighted by Crippen LogP contribution is -2.46. The van der Waals surface area contributed by atoms with Gasteiger partial charge >= 0.3 is 6.18 Å². The zero-order chi connectivity index (χ0) is 28.8. The van der Waals surface area contributed by atoms with Crippen LogP contribution in [0, 0.1) is 23.2 Å². The largest absolute Gasteiger partial charge is 0.495 e. The summed E-state index contributed by atoms with van der Waals surface area (Å²) in [5.41, 5.74) is 2.74. The van der Waals surface area contributed by atoms with E-state index in [4.69, 9.17) is 14.7 Å². The molecule has 216 valence electrons. The molecule has 2 aliphatic rings. The van der Waals surface area contributed by atoms with Gasteiger partial charge in [0.25, 0.3) is 0 Å². The molecule has 2 aromatic carbocycles. The first kappa shape index (κ1) is 28.7. The summed E-state index contributed by atoms with van der Waals surface area (Å²) in [4.78, 5) is 2.52. The predicted octanol–water partition coefficient (Wildman–Crippen LogP) is 5.60. The second-order valence-electron chi connectivity index (χ2n) is 10.4. The van der Waals surface area contributed by atoms with Gasteiger partial charge in [-0.1, -0.05) is 12.0 Å². The number of morpholine rings is 1. The Morgan fingerprint density at radius 3 is 2.54 bits per heavy atom. The highest BCUT2D eigenvalue weighted by Gasteiger charge is 2.30. The summed E-state index contributed by atoms with van der Waals surface area (Å²) < 4.78 is 52.9. The summed E-state index contributed by atoms with van der Waals surface area (Å²) in [6.45, 7) is 2.61. The third kappa shape index (κ3) is 7.08. The Labute approximate surface area is 238 Å². The van der Waals surface area contributed by atoms with Gasteiger partial charge in [0, 0.05) is 42.3 Å². The number of nitrogens with one attached hydrogen (secondary N) is 2. The number of fused-ring (bicyclic) bond motifs is 1. The third-order valence-corrected chi connectivity index (χ3v) is 7.82. The Bertz CT molecular complexity index is 1450. The molecule has 0 atom stereocenters. The van der Waals surface area contributed by atoms with Crippen LogP contribution in [0.5, 0.6) is 5.75 Å². The number of hydrogen-bond donors (Lipinski definition) is 2. The van der Waals surface area contributed by atoms with Crippen molar-refractivity contribution < 1.29 is 22.6 Å². The lowest BCUT2D eigenvalue weighted by molar-refractivity contribution is -0.140. The highest BCUT2D eigenvalue weighted by molar-refractivity contribution is 5.94. The van der Waals surface area contributed by atoms with Crippen LogP contribution in [0.15, 0.2) is 42.5 Å². The Balaban J connectivity index is 1.32. The number of anilines is 2. The summed E-state index contributed by atoms with van der Waals surface area (Å²) in [7, 11) is 1.50. The van der Waals surface area contributed by atoms with Gasteiger partial charge in [0.2, 0.25) is 0 Å². The third-order valence-electron chi connectivity index (χ3n) is 7.82. The number of nitrogens with zero attached hydrogens (tertiary/aromatic N) is 3. The molecule has 1 aromatic heterocycles. The van der Waals surface area contributed by atoms with Crippen LogP contribution in [0.25, 0.3) is 10.9 Å². The number of alkyl halides is 3. The molecule has 3 aromatic rings. The average Bonchev–Trinajstić information content (AvgIpc) is 3.32. The summed E-state index contributed by atoms with van der Waals surface area (Å²) >= 11 is 0. The van der Waals surface area contributed by atoms with Crippen LogP contribution in [-0.4, -0.2) is 67.7 Å². The fraction of sp³-hybridized carbons (Fsp3) is 0.452. The number of nitriles is 1. The molecule has 0 spiro atoms. The summed E-state index contributed by atoms with van der Waals surface area (Å²) in [6, 6.07) is 15.1. The summed E-state index contributed by atoms with van der Waals surface area (Å²) in [5.74, 6) is 6.38. The maximum atomic E-state index is 13.6. The fourth-order valence-electron chi connectivity index (χ4n) is 5.79. The maximum Gasteiger partial charge on any atom is 0.406 e. The van der Waals surface area contributed by atoms with Crippen LogP contribution in [0.2, 0.25) is 0 Å². The first-order chi connectivity index (χ1) is 19.8. The number of hydrogen-bond acceptors (Lipinski definition) is 6. The van der Waals surface area contributed by atoms with Gasteiger partial charge in [0.1, 0.15) is 12.3 Å². The van der Waals surface area contributed by atoms with Gasteiger partial charge in [-0.15, -0.1) is 0 Å². The van der Waals surface area contributed by atoms with Crippen molar-refractivity contribution in [2.24, 2.45) is 0 Å². The molecule has 1 saturated heterocycles. The molecule has 2 N–H and O–H groups in total. The molecule has 0 bridgehead atoms. The quantitative estimate of drug-likeness (QED) is 0.363. The average molecular weight is 566 g/mol. The van der Waals surface area contributed by atoms with Crippen LogP contribution in [0.4, 0.5) is 24.5 Å². The van der Waals surface area contributed by atoms with Gasteiger partial charge in [-0.2, -0.15) is 18.4 Å². The van der Waals surface area contributed by atoms with Gasteiger partial charge < -0.3 is 24.7 Å². The smallest absolute Gasteiger partial charge is 0.406 e. The standard InChI is InChI=1S/C31H34F3N5O2/c1-40-30-18-22(20-35)7-12-28(30)36-13-3-4-25-19-26-27(5-2-6-29(26)39(25)21-31(32,33)34)37-23-8-10-24(11-9-23)38-14-16-41-17-15-38/h2,5-7,12,18-19,23-24,36-37H,8-11,13-17,21H2,1H3/t23-,24-. The van der Waals surface area contributed by atoms with Crippen molar-refractivity contribution in [2.75, 3.05) is 50.6 Å². The normalized spacial score (nSPS) is 19.7. The number of rotatable bonds is 7. The van der Waals surface area contributed by atoms with Crippen LogP contribution in [0.3, 0.4) is 0 Å². The van der Waals surface area contributed by atoms with Crippen LogP contribution >= 0.6 is 0 Å². The first-order valence-corrected chi connectivity index (χ1v) is 13.9. The number of ether oxygens (including phenoxy) is 2. The zero-order valence-corrected chi connectivity index (χ0v) is 23.1. The van der Waals surface area contributed by atoms with Crippen molar-refractivity contribution in [3.63, 3.8) is 0 Å². The van der Waals surface area contributed by atoms with Crippen LogP contribution in [0.1, 0.15) is 36.9 Å². The van der Waals surface area contributed by atoms with Gasteiger partial charge in [0.15, 0.2) is 0 Å². The van der Waals surface area contributed by atoms with E-state index in [1.165, 1.54) is 11.7 Å². The van der Waals surface area contributed by atoms with E-state index < -0.39 is 12.7 Å². The van der Waals surface area contributed by atoms with Crippen molar-refractivity contribution >= 4 is 22.3 Å². The SMILES string of the molecule is COc1cc(C#N)ccc1NCC#Cc1cc2c(N[C@H]3CC[C@H](N4CCOCC4)CC3)cccc2n1CC(F)(F)F. The van der Waals surface area contributed by atoms with Crippen molar-refractivity contribution in [1.82, 2.24) is 9.47 Å². The second-order valence-corrected chi connectivity index (χ2v) is 10.4. The van der Waals surface area contributed by atoms with Crippen molar-refractivity contribution in [3.8, 4) is 23.7 Å². The van der Waals surface area contributed by atoms with E-state index in [2.05, 4.69) is 33.4 Å². The second kappa shape index (κ2) is 12.8. The Morgan fingerprint density at radius 1 is 1.05 bits per heavy atom. The van der Waals surface area contributed by atoms with E-state index in [-0.39, 0.29) is 12.6 Å². The minimum atomic E-state index is -4.39. The van der Waals surface area contributed by atoms with E-state index in [0.29, 0.717) is 34.3 Å². The van der Waals surface area contributed by atoms with Crippen molar-refractivity contribution in [3.05, 3.63) is 53.7 Å². The van der Waals surface area contributed by atoms with Crippen molar-refractivity contribution in [2.45, 2.75) is 50.5 Å². The molecular formula is C31H34F3N5O2. The molecule has 2 heterocycles. The minimum Gasteiger partial charge on any atom is -0.495 e. The van der Waals surface area contributed by atoms with Crippen LogP contribution < -0.4 is 15.4 Å². The van der Waals surface area contributed by atoms with Gasteiger partial charge in [-0.25, -0.2) is 0 Å². The van der Waals surface area contributed by atoms with Gasteiger partial charge in [0.05, 0.1) is 55.4 Å². The molecule has 0 unspecified atom stereocenters. The number of aromatic nitrogens is 1. The Hall–Kier alpha value is -3.86. The molecule has 1 aliphatic carbocycles. The molecule has 1 aliphatic heterocycles. The highest BCUT2D eigenvalue weighted by atomic mass is 19.4. The molecule has 0 radical (unpaired) electrons. The van der Waals surface area contributed by atoms with E-state index in [9.17, 15) is 13.2 Å². The topological polar surface area (TPSA) is 74.5 Å². The number of methoxy groups -OCH3 is 1. The molecule has 10 heteroatoms. The first-order valence-electron chi connectivity index (χ1n) is 13.9. The fourth-order valence-corrected chi connectivity index (χ4v) is 5.79. The predicted molar refractivity (Wildman–Crippen MR) is 153 cm³/mol. The lowest BCUT2D eigenvalue weighted by Gasteiger charge is -2.39. The molecule has 1 saturated carbocycles. The van der Waals surface area contributed by atoms with Gasteiger partial charge in [-0.3, -0.25) is 4.90 Å². The minimum absolute atomic E-state index is 0.188. The molecule has 41 heavy (non-hydrogen) atoms. The molecule has 7 nitrogen and oxygen atoms in total. The molecular weight excluding hydrogens is 531 g/mol. The van der Waals surface area contributed by atoms with E-state index >= 15 is 0 Å². The Kier molecular flexibility index (Phi) is 8.92. The van der Waals surface area contributed by atoms with E-state index in [0.717, 1.165) is 63.1 Å². The Morgan fingerprint density at radius 2 is 1.83 bits per heavy atom. The molecule has 2 fully saturated rings. The zero-order valence-electron chi connectivity index (χ0n) is 23.1. The van der Waals surface area contributed by atoms with E-state index in [1.807, 2.05) is 6.07 Å². The number of halogens is 3. The number of benzene rings is 2. The van der Waals surface area contributed by atoms with Crippen LogP contribution in [-0.2, 0) is 11.3 Å². The lowest BCUT2D eigenvalue weighted by atomic mass is 9.89. The monoisotopic (exact) mass is 565 g/mol. The summed E-state index contributed by atoms with van der Waals surface area (Å²) in [5, 5.41) is 16.6. The highest BCUT2D eigenvalue weighted by Crippen LogP contribution is 2.33. The maximum absolute atomic E-state index is 13.6. The van der Waals surface area contributed by atoms with Gasteiger partial charge in [-0.05, 0) is 61.9 Å². The molecule has 0 amide bonds. The van der Waals surface area contributed by atoms with E-state index in [1.54, 1.807) is 36.4 Å². The van der Waals surface area contributed by atoms with Crippen molar-refractivity contribution in [1.29, 1.82) is 5.26 Å². The summed E-state index contributed by atoms with van der Waals surface area (Å²) in [6.07, 6.45) is -0.178. The molecule has 5 rings (SSSR count).